The maximum absolute atomic E-state index is 14.6. The molecule has 1 saturated heterocycles. The van der Waals surface area contributed by atoms with E-state index in [4.69, 9.17) is 4.74 Å². The molecule has 0 amide bonds. The number of hydrogen-bond donors (Lipinski definition) is 1. The van der Waals surface area contributed by atoms with Gasteiger partial charge in [0.25, 0.3) is 5.56 Å². The summed E-state index contributed by atoms with van der Waals surface area (Å²) in [6.45, 7) is 4.68. The number of H-pyrrole nitrogens is 1. The van der Waals surface area contributed by atoms with Crippen molar-refractivity contribution in [3.05, 3.63) is 81.9 Å². The van der Waals surface area contributed by atoms with Crippen LogP contribution < -0.4 is 10.3 Å². The van der Waals surface area contributed by atoms with Crippen LogP contribution in [0.25, 0.3) is 22.0 Å². The van der Waals surface area contributed by atoms with Crippen molar-refractivity contribution in [1.82, 2.24) is 19.4 Å². The third-order valence-electron chi connectivity index (χ3n) is 7.06. The normalized spacial score (nSPS) is 15.7. The van der Waals surface area contributed by atoms with E-state index in [1.807, 2.05) is 24.4 Å². The molecular formula is C30H36F2N4O2S. The van der Waals surface area contributed by atoms with E-state index in [0.29, 0.717) is 11.3 Å². The molecule has 0 atom stereocenters. The molecule has 1 aliphatic rings. The Morgan fingerprint density at radius 3 is 2.33 bits per heavy atom. The number of aromatic nitrogens is 2. The van der Waals surface area contributed by atoms with Crippen LogP contribution in [0.4, 0.5) is 8.78 Å². The number of benzene rings is 2. The lowest BCUT2D eigenvalue weighted by molar-refractivity contribution is 0.147. The van der Waals surface area contributed by atoms with Gasteiger partial charge in [-0.2, -0.15) is 0 Å². The molecule has 1 N–H and O–H groups in total. The molecule has 0 saturated carbocycles. The molecule has 5 rings (SSSR count). The molecule has 0 unspecified atom stereocenters. The van der Waals surface area contributed by atoms with Crippen molar-refractivity contribution in [2.24, 2.45) is 7.05 Å². The van der Waals surface area contributed by atoms with E-state index in [0.717, 1.165) is 72.3 Å². The monoisotopic (exact) mass is 554 g/mol. The standard InChI is InChI=1S/C30H36F2N4O2S/c1-34-10-12-36(13-11-34)17-22-16-24-25(18-35(2)30(37)29(24)33-22)23-14-20(19-39(3,4)5)6-8-27(23)38-28-9-7-21(31)15-26(28)32/h6-9,14-16,18,33H,10-13,17,19H2,1-5H3. The highest BCUT2D eigenvalue weighted by Crippen LogP contribution is 2.43. The number of aryl methyl sites for hydroxylation is 1. The minimum Gasteiger partial charge on any atom is -0.454 e. The fourth-order valence-electron chi connectivity index (χ4n) is 5.08. The fraction of sp³-hybridized carbons (Fsp3) is 0.367. The second kappa shape index (κ2) is 10.8. The Balaban J connectivity index is 1.62. The first kappa shape index (κ1) is 27.4. The Hall–Kier alpha value is -3.14. The molecule has 39 heavy (non-hydrogen) atoms. The van der Waals surface area contributed by atoms with Crippen molar-refractivity contribution in [3.63, 3.8) is 0 Å². The van der Waals surface area contributed by atoms with Crippen molar-refractivity contribution >= 4 is 20.9 Å². The van der Waals surface area contributed by atoms with Crippen LogP contribution in [0.15, 0.2) is 53.5 Å². The van der Waals surface area contributed by atoms with Crippen LogP contribution in [0, 0.1) is 11.6 Å². The lowest BCUT2D eigenvalue weighted by Crippen LogP contribution is -2.43. The van der Waals surface area contributed by atoms with Crippen LogP contribution in [-0.2, 0) is 19.3 Å². The number of rotatable bonds is 7. The first-order valence-corrected chi connectivity index (χ1v) is 16.0. The van der Waals surface area contributed by atoms with Crippen LogP contribution in [0.1, 0.15) is 11.3 Å². The van der Waals surface area contributed by atoms with Crippen LogP contribution in [0.2, 0.25) is 0 Å². The summed E-state index contributed by atoms with van der Waals surface area (Å²) in [5, 5.41) is 0.798. The number of ether oxygens (including phenoxy) is 1. The van der Waals surface area contributed by atoms with E-state index in [2.05, 4.69) is 46.7 Å². The maximum Gasteiger partial charge on any atom is 0.274 e. The van der Waals surface area contributed by atoms with Crippen molar-refractivity contribution in [1.29, 1.82) is 0 Å². The second-order valence-corrected chi connectivity index (χ2v) is 15.8. The second-order valence-electron chi connectivity index (χ2n) is 11.4. The van der Waals surface area contributed by atoms with Crippen molar-refractivity contribution in [2.45, 2.75) is 12.3 Å². The average Bonchev–Trinajstić information content (AvgIpc) is 3.28. The predicted octanol–water partition coefficient (Wildman–Crippen LogP) is 5.55. The van der Waals surface area contributed by atoms with Crippen LogP contribution >= 0.6 is 10.0 Å². The highest BCUT2D eigenvalue weighted by atomic mass is 32.3. The quantitative estimate of drug-likeness (QED) is 0.326. The fourth-order valence-corrected chi connectivity index (χ4v) is 6.26. The third kappa shape index (κ3) is 6.21. The van der Waals surface area contributed by atoms with Gasteiger partial charge in [-0.15, -0.1) is 0 Å². The van der Waals surface area contributed by atoms with Gasteiger partial charge in [0, 0.05) is 80.0 Å². The number of nitrogens with one attached hydrogen (secondary N) is 1. The lowest BCUT2D eigenvalue weighted by atomic mass is 10.0. The zero-order chi connectivity index (χ0) is 27.9. The number of likely N-dealkylation sites (N-methyl/N-ethyl adjacent to an activating group) is 1. The summed E-state index contributed by atoms with van der Waals surface area (Å²) in [4.78, 5) is 21.2. The lowest BCUT2D eigenvalue weighted by Gasteiger charge is -2.31. The molecule has 2 aromatic carbocycles. The van der Waals surface area contributed by atoms with Crippen LogP contribution in [-0.4, -0.2) is 71.3 Å². The van der Waals surface area contributed by atoms with Crippen LogP contribution in [0.3, 0.4) is 0 Å². The number of hydrogen-bond acceptors (Lipinski definition) is 4. The van der Waals surface area contributed by atoms with Gasteiger partial charge in [-0.3, -0.25) is 9.69 Å². The van der Waals surface area contributed by atoms with Gasteiger partial charge >= 0.3 is 0 Å². The molecular weight excluding hydrogens is 518 g/mol. The van der Waals surface area contributed by atoms with E-state index >= 15 is 0 Å². The highest BCUT2D eigenvalue weighted by Gasteiger charge is 2.20. The zero-order valence-electron chi connectivity index (χ0n) is 23.2. The molecule has 9 heteroatoms. The molecule has 4 aromatic rings. The summed E-state index contributed by atoms with van der Waals surface area (Å²) >= 11 is 0. The summed E-state index contributed by atoms with van der Waals surface area (Å²) in [5.41, 5.74) is 4.10. The summed E-state index contributed by atoms with van der Waals surface area (Å²) in [6.07, 6.45) is 8.58. The minimum atomic E-state index is -0.846. The molecule has 2 aromatic heterocycles. The van der Waals surface area contributed by atoms with Crippen molar-refractivity contribution < 1.29 is 13.5 Å². The summed E-state index contributed by atoms with van der Waals surface area (Å²) < 4.78 is 35.7. The molecule has 3 heterocycles. The number of nitrogens with zero attached hydrogens (tertiary/aromatic N) is 3. The Bertz CT molecular complexity index is 1570. The Morgan fingerprint density at radius 2 is 1.64 bits per heavy atom. The summed E-state index contributed by atoms with van der Waals surface area (Å²) in [5.74, 6) is -0.149. The molecule has 0 radical (unpaired) electrons. The smallest absolute Gasteiger partial charge is 0.274 e. The van der Waals surface area contributed by atoms with Gasteiger partial charge in [0.2, 0.25) is 0 Å². The molecule has 1 fully saturated rings. The van der Waals surface area contributed by atoms with Gasteiger partial charge in [0.1, 0.15) is 17.1 Å². The third-order valence-corrected chi connectivity index (χ3v) is 8.26. The van der Waals surface area contributed by atoms with E-state index in [9.17, 15) is 13.6 Å². The SMILES string of the molecule is CN1CCN(Cc2cc3c(-c4cc(CS(C)(C)C)ccc4Oc4ccc(F)cc4F)cn(C)c(=O)c3[nH]2)CC1. The predicted molar refractivity (Wildman–Crippen MR) is 157 cm³/mol. The van der Waals surface area contributed by atoms with Gasteiger partial charge in [-0.25, -0.2) is 18.8 Å². The Morgan fingerprint density at radius 1 is 0.923 bits per heavy atom. The number of pyridine rings is 1. The number of piperazine rings is 1. The van der Waals surface area contributed by atoms with E-state index < -0.39 is 21.7 Å². The largest absolute Gasteiger partial charge is 0.454 e. The Labute approximate surface area is 229 Å². The number of fused-ring (bicyclic) bond motifs is 1. The average molecular weight is 555 g/mol. The number of aromatic amines is 1. The summed E-state index contributed by atoms with van der Waals surface area (Å²) in [6, 6.07) is 11.2. The van der Waals surface area contributed by atoms with Crippen molar-refractivity contribution in [2.75, 3.05) is 52.0 Å². The van der Waals surface area contributed by atoms with Gasteiger partial charge in [0.05, 0.1) is 0 Å². The Kier molecular flexibility index (Phi) is 7.59. The van der Waals surface area contributed by atoms with Gasteiger partial charge < -0.3 is 19.2 Å². The zero-order valence-corrected chi connectivity index (χ0v) is 24.0. The van der Waals surface area contributed by atoms with Gasteiger partial charge in [-0.1, -0.05) is 6.07 Å². The van der Waals surface area contributed by atoms with Gasteiger partial charge in [-0.05, 0) is 61.7 Å². The molecule has 0 spiro atoms. The van der Waals surface area contributed by atoms with Gasteiger partial charge in [0.15, 0.2) is 11.6 Å². The molecule has 208 valence electrons. The van der Waals surface area contributed by atoms with Crippen molar-refractivity contribution in [3.8, 4) is 22.6 Å². The highest BCUT2D eigenvalue weighted by molar-refractivity contribution is 8.31. The topological polar surface area (TPSA) is 53.5 Å². The molecule has 0 bridgehead atoms. The maximum atomic E-state index is 14.6. The molecule has 6 nitrogen and oxygen atoms in total. The number of halogens is 2. The molecule has 1 aliphatic heterocycles. The van der Waals surface area contributed by atoms with Crippen LogP contribution in [0.5, 0.6) is 11.5 Å². The minimum absolute atomic E-state index is 0.0577. The first-order valence-electron chi connectivity index (χ1n) is 13.0. The van der Waals surface area contributed by atoms with E-state index in [1.165, 1.54) is 12.1 Å². The first-order chi connectivity index (χ1) is 18.5. The summed E-state index contributed by atoms with van der Waals surface area (Å²) in [7, 11) is 3.01. The van der Waals surface area contributed by atoms with E-state index in [-0.39, 0.29) is 11.3 Å². The van der Waals surface area contributed by atoms with E-state index in [1.54, 1.807) is 11.6 Å². The molecule has 0 aliphatic carbocycles.